The van der Waals surface area contributed by atoms with Crippen molar-refractivity contribution in [1.29, 1.82) is 0 Å². The van der Waals surface area contributed by atoms with E-state index in [9.17, 15) is 14.4 Å². The lowest BCUT2D eigenvalue weighted by molar-refractivity contribution is -0.133. The molecule has 1 fully saturated rings. The Hall–Kier alpha value is -3.40. The molecule has 5 rings (SSSR count). The molecule has 2 aliphatic heterocycles. The number of aliphatic carboxylic acids is 1. The minimum Gasteiger partial charge on any atom is -0.478 e. The van der Waals surface area contributed by atoms with Crippen molar-refractivity contribution in [2.45, 2.75) is 18.4 Å². The van der Waals surface area contributed by atoms with Gasteiger partial charge in [-0.3, -0.25) is 14.2 Å². The van der Waals surface area contributed by atoms with E-state index in [4.69, 9.17) is 44.7 Å². The number of carbonyl (C=O) groups is 3. The van der Waals surface area contributed by atoms with E-state index < -0.39 is 22.8 Å². The molecule has 3 aromatic rings. The minimum absolute atomic E-state index is 0.0986. The number of carbonyl (C=O) groups excluding carboxylic acids is 2. The highest BCUT2D eigenvalue weighted by Gasteiger charge is 2.64. The van der Waals surface area contributed by atoms with E-state index in [0.717, 1.165) is 6.08 Å². The van der Waals surface area contributed by atoms with Crippen LogP contribution in [0.15, 0.2) is 73.2 Å². The van der Waals surface area contributed by atoms with Crippen LogP contribution in [-0.4, -0.2) is 40.4 Å². The number of fused-ring (bicyclic) bond motifs is 1. The molecule has 3 N–H and O–H groups in total. The Labute approximate surface area is 244 Å². The zero-order valence-electron chi connectivity index (χ0n) is 21.0. The Morgan fingerprint density at radius 3 is 2.52 bits per heavy atom. The maximum absolute atomic E-state index is 14.5. The van der Waals surface area contributed by atoms with Gasteiger partial charge in [-0.1, -0.05) is 53.5 Å². The number of benzene rings is 2. The third-order valence-electron chi connectivity index (χ3n) is 7.55. The molecule has 0 bridgehead atoms. The van der Waals surface area contributed by atoms with Gasteiger partial charge < -0.3 is 15.3 Å². The lowest BCUT2D eigenvalue weighted by Gasteiger charge is -2.49. The second-order valence-electron chi connectivity index (χ2n) is 9.62. The summed E-state index contributed by atoms with van der Waals surface area (Å²) >= 11 is 19.8. The molecule has 40 heavy (non-hydrogen) atoms. The predicted octanol–water partition coefficient (Wildman–Crippen LogP) is 5.78. The number of carboxylic acid groups (broad SMARTS) is 1. The van der Waals surface area contributed by atoms with Gasteiger partial charge in [0.15, 0.2) is 5.78 Å². The van der Waals surface area contributed by atoms with Crippen molar-refractivity contribution in [3.63, 3.8) is 0 Å². The van der Waals surface area contributed by atoms with Crippen molar-refractivity contribution in [3.05, 3.63) is 99.4 Å². The fraction of sp³-hybridized carbons (Fsp3) is 0.207. The molecule has 2 atom stereocenters. The maximum Gasteiger partial charge on any atom is 0.328 e. The number of aromatic nitrogens is 1. The van der Waals surface area contributed by atoms with Crippen molar-refractivity contribution < 1.29 is 24.3 Å². The van der Waals surface area contributed by atoms with E-state index >= 15 is 0 Å². The van der Waals surface area contributed by atoms with Crippen LogP contribution in [0.4, 0.5) is 0 Å². The molecule has 206 valence electrons. The highest BCUT2D eigenvalue weighted by molar-refractivity contribution is 6.39. The first kappa shape index (κ1) is 28.1. The number of hydrogen-bond donors (Lipinski definition) is 3. The quantitative estimate of drug-likeness (QED) is 0.295. The first-order chi connectivity index (χ1) is 19.2. The summed E-state index contributed by atoms with van der Waals surface area (Å²) in [6.45, 7) is 4.60. The number of hydrogen-bond acceptors (Lipinski definition) is 6. The van der Waals surface area contributed by atoms with E-state index in [0.29, 0.717) is 35.9 Å². The second kappa shape index (κ2) is 10.9. The van der Waals surface area contributed by atoms with Crippen LogP contribution < -0.4 is 10.8 Å². The van der Waals surface area contributed by atoms with E-state index in [1.165, 1.54) is 35.1 Å². The normalized spacial score (nSPS) is 22.7. The summed E-state index contributed by atoms with van der Waals surface area (Å²) in [5.41, 5.74) is 1.56. The van der Waals surface area contributed by atoms with Crippen molar-refractivity contribution in [1.82, 2.24) is 15.4 Å². The summed E-state index contributed by atoms with van der Waals surface area (Å²) in [4.78, 5) is 45.1. The number of piperidine rings is 1. The maximum atomic E-state index is 14.5. The van der Waals surface area contributed by atoms with Gasteiger partial charge >= 0.3 is 5.97 Å². The van der Waals surface area contributed by atoms with Gasteiger partial charge in [0, 0.05) is 44.8 Å². The molecule has 0 saturated carbocycles. The molecular weight excluding hydrogens is 577 g/mol. The lowest BCUT2D eigenvalue weighted by Crippen LogP contribution is -2.64. The fourth-order valence-corrected chi connectivity index (χ4v) is 6.93. The average Bonchev–Trinajstić information content (AvgIpc) is 3.57. The van der Waals surface area contributed by atoms with Gasteiger partial charge in [-0.05, 0) is 61.4 Å². The molecule has 0 aliphatic carbocycles. The van der Waals surface area contributed by atoms with Gasteiger partial charge in [0.1, 0.15) is 11.8 Å². The monoisotopic (exact) mass is 599 g/mol. The third kappa shape index (κ3) is 4.36. The van der Waals surface area contributed by atoms with Crippen LogP contribution in [0.1, 0.15) is 28.8 Å². The zero-order valence-corrected chi connectivity index (χ0v) is 23.3. The molecule has 1 saturated heterocycles. The van der Waals surface area contributed by atoms with Crippen molar-refractivity contribution in [2.75, 3.05) is 13.1 Å². The molecule has 0 amide bonds. The molecule has 0 spiro atoms. The SMILES string of the molecule is C=CC(=O)C1([C@]2(c3c(Cl)cc(Cl)cc3Cl)NOC=C2C(=O)n2ccc3c(/C=C/C(=O)O)cccc32)CCCNC1. The molecule has 0 radical (unpaired) electrons. The highest BCUT2D eigenvalue weighted by Crippen LogP contribution is 2.56. The third-order valence-corrected chi connectivity index (χ3v) is 8.37. The Morgan fingerprint density at radius 2 is 1.88 bits per heavy atom. The van der Waals surface area contributed by atoms with E-state index in [2.05, 4.69) is 17.4 Å². The summed E-state index contributed by atoms with van der Waals surface area (Å²) in [6.07, 6.45) is 7.58. The predicted molar refractivity (Wildman–Crippen MR) is 154 cm³/mol. The molecule has 2 aromatic carbocycles. The standard InChI is InChI=1S/C29H24Cl3N3O5/c1-2-24(36)28(10-4-11-33-16-28)29(26-21(31)13-18(30)14-22(26)32)20(15-40-34-29)27(39)35-12-9-19-17(7-8-25(37)38)5-3-6-23(19)35/h2-3,5-9,12-15,33-34H,1,4,10-11,16H2,(H,37,38)/b8-7+/t28?,29-/m0/s1. The Bertz CT molecular complexity index is 1600. The molecule has 2 aliphatic rings. The van der Waals surface area contributed by atoms with Gasteiger partial charge in [0.05, 0.1) is 16.5 Å². The van der Waals surface area contributed by atoms with Crippen LogP contribution >= 0.6 is 34.8 Å². The lowest BCUT2D eigenvalue weighted by atomic mass is 9.57. The second-order valence-corrected chi connectivity index (χ2v) is 10.9. The van der Waals surface area contributed by atoms with Crippen molar-refractivity contribution in [2.24, 2.45) is 5.41 Å². The number of nitrogens with one attached hydrogen (secondary N) is 2. The molecule has 1 aromatic heterocycles. The smallest absolute Gasteiger partial charge is 0.328 e. The summed E-state index contributed by atoms with van der Waals surface area (Å²) in [5.74, 6) is -1.91. The number of nitrogens with zero attached hydrogens (tertiary/aromatic N) is 1. The van der Waals surface area contributed by atoms with Gasteiger partial charge in [-0.15, -0.1) is 5.48 Å². The van der Waals surface area contributed by atoms with Crippen LogP contribution in [0.3, 0.4) is 0 Å². The zero-order chi connectivity index (χ0) is 28.7. The summed E-state index contributed by atoms with van der Waals surface area (Å²) in [6, 6.07) is 9.94. The molecule has 1 unspecified atom stereocenters. The number of ketones is 1. The fourth-order valence-electron chi connectivity index (χ4n) is 5.83. The Morgan fingerprint density at radius 1 is 1.12 bits per heavy atom. The van der Waals surface area contributed by atoms with Crippen LogP contribution in [0.2, 0.25) is 15.1 Å². The number of halogens is 3. The largest absolute Gasteiger partial charge is 0.478 e. The van der Waals surface area contributed by atoms with Crippen LogP contribution in [0.5, 0.6) is 0 Å². The van der Waals surface area contributed by atoms with Crippen LogP contribution in [0.25, 0.3) is 17.0 Å². The highest BCUT2D eigenvalue weighted by atomic mass is 35.5. The summed E-state index contributed by atoms with van der Waals surface area (Å²) in [7, 11) is 0. The van der Waals surface area contributed by atoms with Crippen molar-refractivity contribution >= 4 is 69.4 Å². The molecule has 3 heterocycles. The molecule has 11 heteroatoms. The molecular formula is C29H24Cl3N3O5. The number of carboxylic acids is 1. The number of rotatable bonds is 7. The Balaban J connectivity index is 1.76. The van der Waals surface area contributed by atoms with Gasteiger partial charge in [0.2, 0.25) is 0 Å². The van der Waals surface area contributed by atoms with Gasteiger partial charge in [-0.25, -0.2) is 4.79 Å². The topological polar surface area (TPSA) is 110 Å². The van der Waals surface area contributed by atoms with E-state index in [1.807, 2.05) is 0 Å². The number of hydroxylamine groups is 1. The first-order valence-corrected chi connectivity index (χ1v) is 13.5. The van der Waals surface area contributed by atoms with Crippen LogP contribution in [-0.2, 0) is 20.0 Å². The first-order valence-electron chi connectivity index (χ1n) is 12.4. The summed E-state index contributed by atoms with van der Waals surface area (Å²) in [5, 5.41) is 13.6. The van der Waals surface area contributed by atoms with E-state index in [-0.39, 0.29) is 38.5 Å². The van der Waals surface area contributed by atoms with E-state index in [1.54, 1.807) is 30.5 Å². The van der Waals surface area contributed by atoms with Crippen molar-refractivity contribution in [3.8, 4) is 0 Å². The Kier molecular flexibility index (Phi) is 7.65. The summed E-state index contributed by atoms with van der Waals surface area (Å²) < 4.78 is 1.42. The molecule has 8 nitrogen and oxygen atoms in total. The van der Waals surface area contributed by atoms with Crippen LogP contribution in [0, 0.1) is 5.41 Å². The van der Waals surface area contributed by atoms with Gasteiger partial charge in [0.25, 0.3) is 5.91 Å². The average molecular weight is 601 g/mol. The number of allylic oxidation sites excluding steroid dienone is 1. The minimum atomic E-state index is -1.63. The van der Waals surface area contributed by atoms with Gasteiger partial charge in [-0.2, -0.15) is 0 Å².